The molecule has 0 aliphatic rings. The first-order chi connectivity index (χ1) is 25.9. The number of rotatable bonds is 12. The molecule has 1 unspecified atom stereocenters. The Hall–Kier alpha value is -6.43. The summed E-state index contributed by atoms with van der Waals surface area (Å²) in [5.41, 5.74) is 10.0. The van der Waals surface area contributed by atoms with Crippen LogP contribution in [0.25, 0.3) is 33.4 Å². The topological polar surface area (TPSA) is 78.4 Å². The number of carboxylic acid groups (broad SMARTS) is 1. The van der Waals surface area contributed by atoms with Gasteiger partial charge in [0, 0.05) is 10.7 Å². The second-order valence-electron chi connectivity index (χ2n) is 12.9. The van der Waals surface area contributed by atoms with Crippen LogP contribution in [0, 0.1) is 0 Å². The molecule has 0 radical (unpaired) electrons. The van der Waals surface area contributed by atoms with E-state index >= 15 is 0 Å². The molecule has 0 heterocycles. The van der Waals surface area contributed by atoms with E-state index in [0.717, 1.165) is 44.5 Å². The van der Waals surface area contributed by atoms with E-state index in [9.17, 15) is 14.7 Å². The maximum absolute atomic E-state index is 14.1. The van der Waals surface area contributed by atoms with Crippen molar-refractivity contribution in [1.29, 1.82) is 0 Å². The minimum absolute atomic E-state index is 0.288. The number of hydrogen-bond acceptors (Lipinski definition) is 3. The average molecular weight is 713 g/mol. The highest BCUT2D eigenvalue weighted by atomic mass is 35.5. The number of benzene rings is 7. The van der Waals surface area contributed by atoms with Gasteiger partial charge in [-0.05, 0) is 68.3 Å². The molecule has 1 amide bonds. The van der Waals surface area contributed by atoms with Crippen molar-refractivity contribution in [3.63, 3.8) is 0 Å². The van der Waals surface area contributed by atoms with Gasteiger partial charge in [-0.1, -0.05) is 175 Å². The fourth-order valence-corrected chi connectivity index (χ4v) is 6.72. The molecule has 0 spiro atoms. The summed E-state index contributed by atoms with van der Waals surface area (Å²) in [5, 5.41) is 16.9. The fourth-order valence-electron chi connectivity index (χ4n) is 6.54. The number of nitrogens with one attached hydrogen (secondary N) is 2. The Morgan fingerprint density at radius 2 is 0.906 bits per heavy atom. The monoisotopic (exact) mass is 712 g/mol. The van der Waals surface area contributed by atoms with E-state index in [-0.39, 0.29) is 12.5 Å². The van der Waals surface area contributed by atoms with Gasteiger partial charge < -0.3 is 15.7 Å². The van der Waals surface area contributed by atoms with Crippen LogP contribution in [0.1, 0.15) is 45.6 Å². The van der Waals surface area contributed by atoms with Crippen molar-refractivity contribution >= 4 is 29.2 Å². The third-order valence-corrected chi connectivity index (χ3v) is 9.57. The lowest BCUT2D eigenvalue weighted by Gasteiger charge is -2.24. The number of carbonyl (C=O) groups excluding carboxylic acids is 1. The molecule has 0 aliphatic carbocycles. The average Bonchev–Trinajstić information content (AvgIpc) is 3.21. The number of halogens is 1. The third kappa shape index (κ3) is 8.55. The lowest BCUT2D eigenvalue weighted by Crippen LogP contribution is -2.31. The van der Waals surface area contributed by atoms with Gasteiger partial charge in [-0.3, -0.25) is 9.59 Å². The van der Waals surface area contributed by atoms with E-state index in [1.54, 1.807) is 18.2 Å². The minimum Gasteiger partial charge on any atom is -0.481 e. The lowest BCUT2D eigenvalue weighted by atomic mass is 9.94. The van der Waals surface area contributed by atoms with Crippen LogP contribution < -0.4 is 10.6 Å². The molecule has 0 saturated heterocycles. The Labute approximate surface area is 314 Å². The van der Waals surface area contributed by atoms with Crippen LogP contribution >= 0.6 is 11.6 Å². The third-order valence-electron chi connectivity index (χ3n) is 9.33. The summed E-state index contributed by atoms with van der Waals surface area (Å²) in [5.74, 6) is -1.46. The van der Waals surface area contributed by atoms with Crippen LogP contribution in [0.3, 0.4) is 0 Å². The molecule has 0 bridgehead atoms. The summed E-state index contributed by atoms with van der Waals surface area (Å²) >= 11 is 6.49. The zero-order valence-corrected chi connectivity index (χ0v) is 29.6. The molecule has 5 nitrogen and oxygen atoms in total. The quantitative estimate of drug-likeness (QED) is 0.118. The van der Waals surface area contributed by atoms with Crippen LogP contribution in [0.5, 0.6) is 0 Å². The zero-order chi connectivity index (χ0) is 36.6. The molecule has 0 aromatic heterocycles. The van der Waals surface area contributed by atoms with Crippen molar-refractivity contribution in [3.8, 4) is 33.4 Å². The van der Waals surface area contributed by atoms with Gasteiger partial charge in [-0.15, -0.1) is 0 Å². The SMILES string of the molecule is O=C(O)CC(NC(=O)c1cc(Cl)ccc1NC(c1ccc(-c2ccccc2)cc1)c1ccc(-c2ccccc2)cc1)c1ccc(-c2ccccc2)cc1. The molecule has 0 saturated carbocycles. The second-order valence-corrected chi connectivity index (χ2v) is 13.3. The van der Waals surface area contributed by atoms with Crippen molar-refractivity contribution in [2.45, 2.75) is 18.5 Å². The number of carboxylic acids is 1. The minimum atomic E-state index is -1.02. The Morgan fingerprint density at radius 1 is 0.509 bits per heavy atom. The zero-order valence-electron chi connectivity index (χ0n) is 28.8. The smallest absolute Gasteiger partial charge is 0.305 e. The number of hydrogen-bond donors (Lipinski definition) is 3. The molecule has 3 N–H and O–H groups in total. The molecule has 0 aliphatic heterocycles. The summed E-state index contributed by atoms with van der Waals surface area (Å²) in [6.45, 7) is 0. The molecule has 1 atom stereocenters. The number of anilines is 1. The maximum Gasteiger partial charge on any atom is 0.305 e. The predicted octanol–water partition coefficient (Wildman–Crippen LogP) is 11.5. The first kappa shape index (κ1) is 35.0. The maximum atomic E-state index is 14.1. The second kappa shape index (κ2) is 16.3. The summed E-state index contributed by atoms with van der Waals surface area (Å²) < 4.78 is 0. The van der Waals surface area contributed by atoms with Gasteiger partial charge in [-0.2, -0.15) is 0 Å². The van der Waals surface area contributed by atoms with E-state index in [1.165, 1.54) is 0 Å². The van der Waals surface area contributed by atoms with Crippen molar-refractivity contribution in [2.24, 2.45) is 0 Å². The van der Waals surface area contributed by atoms with Crippen LogP contribution in [0.4, 0.5) is 5.69 Å². The molecule has 53 heavy (non-hydrogen) atoms. The number of amides is 1. The molecule has 7 aromatic rings. The lowest BCUT2D eigenvalue weighted by molar-refractivity contribution is -0.137. The van der Waals surface area contributed by atoms with Gasteiger partial charge in [0.05, 0.1) is 24.1 Å². The highest BCUT2D eigenvalue weighted by Gasteiger charge is 2.23. The van der Waals surface area contributed by atoms with Gasteiger partial charge in [0.25, 0.3) is 5.91 Å². The molecular weight excluding hydrogens is 676 g/mol. The molecular formula is C47H37ClN2O3. The van der Waals surface area contributed by atoms with Crippen molar-refractivity contribution in [3.05, 3.63) is 209 Å². The van der Waals surface area contributed by atoms with E-state index in [4.69, 9.17) is 11.6 Å². The van der Waals surface area contributed by atoms with Crippen LogP contribution in [-0.2, 0) is 4.79 Å². The standard InChI is InChI=1S/C47H37ClN2O3/c48-41-28-29-43(42(30-41)47(53)50-44(31-45(51)52)38-22-16-35(17-23-38)32-10-4-1-5-11-32)49-46(39-24-18-36(19-25-39)33-12-6-2-7-13-33)40-26-20-37(21-27-40)34-14-8-3-9-15-34/h1-30,44,46,49H,31H2,(H,50,53)(H,51,52). The van der Waals surface area contributed by atoms with Crippen LogP contribution in [0.2, 0.25) is 5.02 Å². The van der Waals surface area contributed by atoms with Gasteiger partial charge in [0.15, 0.2) is 0 Å². The predicted molar refractivity (Wildman–Crippen MR) is 215 cm³/mol. The van der Waals surface area contributed by atoms with E-state index in [0.29, 0.717) is 21.8 Å². The van der Waals surface area contributed by atoms with E-state index < -0.39 is 17.9 Å². The van der Waals surface area contributed by atoms with Crippen LogP contribution in [0.15, 0.2) is 182 Å². The Kier molecular flexibility index (Phi) is 10.7. The van der Waals surface area contributed by atoms with Gasteiger partial charge >= 0.3 is 5.97 Å². The Balaban J connectivity index is 1.20. The number of aliphatic carboxylic acids is 1. The summed E-state index contributed by atoms with van der Waals surface area (Å²) in [7, 11) is 0. The van der Waals surface area contributed by atoms with Crippen molar-refractivity contribution in [2.75, 3.05) is 5.32 Å². The van der Waals surface area contributed by atoms with Crippen LogP contribution in [-0.4, -0.2) is 17.0 Å². The van der Waals surface area contributed by atoms with Crippen molar-refractivity contribution in [1.82, 2.24) is 5.32 Å². The summed E-state index contributed by atoms with van der Waals surface area (Å²) in [6.07, 6.45) is -0.288. The first-order valence-electron chi connectivity index (χ1n) is 17.5. The van der Waals surface area contributed by atoms with E-state index in [2.05, 4.69) is 83.4 Å². The highest BCUT2D eigenvalue weighted by molar-refractivity contribution is 6.31. The number of carbonyl (C=O) groups is 2. The molecule has 7 aromatic carbocycles. The normalized spacial score (nSPS) is 11.5. The Morgan fingerprint density at radius 3 is 1.32 bits per heavy atom. The van der Waals surface area contributed by atoms with Gasteiger partial charge in [0.2, 0.25) is 0 Å². The first-order valence-corrected chi connectivity index (χ1v) is 17.8. The van der Waals surface area contributed by atoms with E-state index in [1.807, 2.05) is 91.0 Å². The molecule has 7 rings (SSSR count). The Bertz CT molecular complexity index is 2210. The fraction of sp³-hybridized carbons (Fsp3) is 0.0638. The van der Waals surface area contributed by atoms with Gasteiger partial charge in [0.1, 0.15) is 0 Å². The summed E-state index contributed by atoms with van der Waals surface area (Å²) in [4.78, 5) is 26.1. The highest BCUT2D eigenvalue weighted by Crippen LogP contribution is 2.33. The molecule has 6 heteroatoms. The molecule has 0 fully saturated rings. The van der Waals surface area contributed by atoms with Crippen molar-refractivity contribution < 1.29 is 14.7 Å². The summed E-state index contributed by atoms with van der Waals surface area (Å²) in [6, 6.07) is 58.8. The molecule has 260 valence electrons. The largest absolute Gasteiger partial charge is 0.481 e. The van der Waals surface area contributed by atoms with Gasteiger partial charge in [-0.25, -0.2) is 0 Å².